The lowest BCUT2D eigenvalue weighted by Crippen LogP contribution is -2.39. The molecule has 0 aliphatic heterocycles. The molecule has 0 bridgehead atoms. The molecule has 1 aromatic heterocycles. The Labute approximate surface area is 204 Å². The van der Waals surface area contributed by atoms with Crippen molar-refractivity contribution >= 4 is 41.3 Å². The van der Waals surface area contributed by atoms with Crippen molar-refractivity contribution in [3.8, 4) is 0 Å². The normalized spacial score (nSPS) is 10.8. The third kappa shape index (κ3) is 7.84. The quantitative estimate of drug-likeness (QED) is 0.0891. The fourth-order valence-electron chi connectivity index (χ4n) is 3.03. The van der Waals surface area contributed by atoms with Gasteiger partial charge in [0, 0.05) is 49.8 Å². The lowest BCUT2D eigenvalue weighted by Gasteiger charge is -2.13. The van der Waals surface area contributed by atoms with E-state index in [4.69, 9.17) is 4.99 Å². The van der Waals surface area contributed by atoms with Crippen molar-refractivity contribution in [3.63, 3.8) is 0 Å². The number of anilines is 1. The molecular formula is C22H28IN7O2. The number of aromatic nitrogens is 2. The molecule has 0 amide bonds. The molecule has 2 aromatic carbocycles. The van der Waals surface area contributed by atoms with Crippen LogP contribution in [0.5, 0.6) is 0 Å². The Kier molecular flexibility index (Phi) is 10.4. The Morgan fingerprint density at radius 1 is 1.06 bits per heavy atom. The molecule has 3 rings (SSSR count). The van der Waals surface area contributed by atoms with E-state index in [9.17, 15) is 10.1 Å². The largest absolute Gasteiger partial charge is 0.383 e. The predicted octanol–water partition coefficient (Wildman–Crippen LogP) is 3.62. The van der Waals surface area contributed by atoms with Crippen molar-refractivity contribution in [2.45, 2.75) is 20.0 Å². The molecule has 10 heteroatoms. The second kappa shape index (κ2) is 13.3. The van der Waals surface area contributed by atoms with Gasteiger partial charge in [0.25, 0.3) is 5.69 Å². The first kappa shape index (κ1) is 25.1. The number of hydrogen-bond acceptors (Lipinski definition) is 5. The average Bonchev–Trinajstić information content (AvgIpc) is 3.29. The summed E-state index contributed by atoms with van der Waals surface area (Å²) < 4.78 is 1.90. The van der Waals surface area contributed by atoms with Crippen LogP contribution in [-0.4, -0.2) is 40.3 Å². The SMILES string of the molecule is CCNC(=NCc1ccccc1Cn1cccn1)NCCNc1ccc([N+](=O)[O-])cc1.I. The fraction of sp³-hybridized carbons (Fsp3) is 0.273. The van der Waals surface area contributed by atoms with Crippen LogP contribution in [0.15, 0.2) is 72.0 Å². The maximum absolute atomic E-state index is 10.7. The molecule has 0 saturated heterocycles. The summed E-state index contributed by atoms with van der Waals surface area (Å²) in [5.74, 6) is 0.738. The van der Waals surface area contributed by atoms with E-state index in [1.54, 1.807) is 18.3 Å². The molecule has 3 N–H and O–H groups in total. The monoisotopic (exact) mass is 549 g/mol. The number of nitrogens with one attached hydrogen (secondary N) is 3. The molecule has 9 nitrogen and oxygen atoms in total. The van der Waals surface area contributed by atoms with E-state index in [1.165, 1.54) is 17.7 Å². The maximum atomic E-state index is 10.7. The highest BCUT2D eigenvalue weighted by Crippen LogP contribution is 2.15. The van der Waals surface area contributed by atoms with Crippen molar-refractivity contribution < 1.29 is 4.92 Å². The van der Waals surface area contributed by atoms with Gasteiger partial charge < -0.3 is 16.0 Å². The van der Waals surface area contributed by atoms with Crippen LogP contribution in [0.25, 0.3) is 0 Å². The first-order valence-electron chi connectivity index (χ1n) is 10.2. The maximum Gasteiger partial charge on any atom is 0.269 e. The van der Waals surface area contributed by atoms with Gasteiger partial charge in [0.15, 0.2) is 5.96 Å². The summed E-state index contributed by atoms with van der Waals surface area (Å²) in [5.41, 5.74) is 3.25. The summed E-state index contributed by atoms with van der Waals surface area (Å²) in [6.07, 6.45) is 3.72. The molecule has 0 spiro atoms. The van der Waals surface area contributed by atoms with Crippen molar-refractivity contribution in [2.75, 3.05) is 25.0 Å². The van der Waals surface area contributed by atoms with Crippen molar-refractivity contribution in [2.24, 2.45) is 4.99 Å². The van der Waals surface area contributed by atoms with E-state index in [0.717, 1.165) is 23.8 Å². The summed E-state index contributed by atoms with van der Waals surface area (Å²) >= 11 is 0. The molecule has 32 heavy (non-hydrogen) atoms. The summed E-state index contributed by atoms with van der Waals surface area (Å²) in [7, 11) is 0. The second-order valence-corrected chi connectivity index (χ2v) is 6.83. The minimum Gasteiger partial charge on any atom is -0.383 e. The Morgan fingerprint density at radius 2 is 1.81 bits per heavy atom. The molecule has 0 radical (unpaired) electrons. The number of halogens is 1. The molecule has 0 unspecified atom stereocenters. The van der Waals surface area contributed by atoms with Crippen LogP contribution in [0.2, 0.25) is 0 Å². The van der Waals surface area contributed by atoms with Crippen molar-refractivity contribution in [1.29, 1.82) is 0 Å². The Morgan fingerprint density at radius 3 is 2.47 bits per heavy atom. The van der Waals surface area contributed by atoms with Gasteiger partial charge in [-0.1, -0.05) is 24.3 Å². The Bertz CT molecular complexity index is 992. The van der Waals surface area contributed by atoms with Gasteiger partial charge in [0.2, 0.25) is 0 Å². The Balaban J connectivity index is 0.00000363. The fourth-order valence-corrected chi connectivity index (χ4v) is 3.03. The second-order valence-electron chi connectivity index (χ2n) is 6.83. The molecule has 0 aliphatic rings. The van der Waals surface area contributed by atoms with E-state index in [1.807, 2.05) is 36.0 Å². The first-order valence-corrected chi connectivity index (χ1v) is 10.2. The molecule has 1 heterocycles. The zero-order valence-electron chi connectivity index (χ0n) is 17.9. The summed E-state index contributed by atoms with van der Waals surface area (Å²) in [6, 6.07) is 16.5. The van der Waals surface area contributed by atoms with Crippen LogP contribution in [0.3, 0.4) is 0 Å². The average molecular weight is 549 g/mol. The van der Waals surface area contributed by atoms with Crippen molar-refractivity contribution in [1.82, 2.24) is 20.4 Å². The first-order chi connectivity index (χ1) is 15.2. The molecule has 0 saturated carbocycles. The van der Waals surface area contributed by atoms with Gasteiger partial charge in [-0.3, -0.25) is 14.8 Å². The highest BCUT2D eigenvalue weighted by atomic mass is 127. The molecule has 0 atom stereocenters. The molecule has 0 fully saturated rings. The molecular weight excluding hydrogens is 521 g/mol. The number of nitro groups is 1. The molecule has 0 aliphatic carbocycles. The summed E-state index contributed by atoms with van der Waals surface area (Å²) in [5, 5.41) is 24.8. The van der Waals surface area contributed by atoms with E-state index < -0.39 is 4.92 Å². The number of non-ortho nitro benzene ring substituents is 1. The minimum absolute atomic E-state index is 0. The van der Waals surface area contributed by atoms with Crippen LogP contribution >= 0.6 is 24.0 Å². The minimum atomic E-state index is -0.405. The van der Waals surface area contributed by atoms with Crippen molar-refractivity contribution in [3.05, 3.63) is 88.2 Å². The van der Waals surface area contributed by atoms with Crippen LogP contribution < -0.4 is 16.0 Å². The lowest BCUT2D eigenvalue weighted by molar-refractivity contribution is -0.384. The lowest BCUT2D eigenvalue weighted by atomic mass is 10.1. The molecule has 170 valence electrons. The van der Waals surface area contributed by atoms with E-state index in [2.05, 4.69) is 33.2 Å². The highest BCUT2D eigenvalue weighted by Gasteiger charge is 2.05. The zero-order chi connectivity index (χ0) is 21.9. The van der Waals surface area contributed by atoms with E-state index >= 15 is 0 Å². The van der Waals surface area contributed by atoms with Gasteiger partial charge in [-0.15, -0.1) is 24.0 Å². The highest BCUT2D eigenvalue weighted by molar-refractivity contribution is 14.0. The third-order valence-corrected chi connectivity index (χ3v) is 4.59. The van der Waals surface area contributed by atoms with Crippen LogP contribution in [0.4, 0.5) is 11.4 Å². The standard InChI is InChI=1S/C22H27N7O2.HI/c1-2-23-22(25-14-13-24-20-8-10-21(11-9-20)29(30)31)26-16-18-6-3-4-7-19(18)17-28-15-5-12-27-28;/h3-12,15,24H,2,13-14,16-17H2,1H3,(H2,23,25,26);1H. The number of nitrogens with zero attached hydrogens (tertiary/aromatic N) is 4. The number of guanidine groups is 1. The van der Waals surface area contributed by atoms with Gasteiger partial charge in [-0.25, -0.2) is 4.99 Å². The zero-order valence-corrected chi connectivity index (χ0v) is 20.2. The topological polar surface area (TPSA) is 109 Å². The van der Waals surface area contributed by atoms with Gasteiger partial charge in [-0.2, -0.15) is 5.10 Å². The Hall–Kier alpha value is -3.15. The summed E-state index contributed by atoms with van der Waals surface area (Å²) in [4.78, 5) is 15.0. The van der Waals surface area contributed by atoms with Gasteiger partial charge in [0.05, 0.1) is 18.0 Å². The van der Waals surface area contributed by atoms with Gasteiger partial charge >= 0.3 is 0 Å². The predicted molar refractivity (Wildman–Crippen MR) is 138 cm³/mol. The van der Waals surface area contributed by atoms with Crippen LogP contribution in [-0.2, 0) is 13.1 Å². The van der Waals surface area contributed by atoms with Gasteiger partial charge in [0.1, 0.15) is 0 Å². The van der Waals surface area contributed by atoms with E-state index in [0.29, 0.717) is 26.2 Å². The molecule has 3 aromatic rings. The third-order valence-electron chi connectivity index (χ3n) is 4.59. The number of benzene rings is 2. The smallest absolute Gasteiger partial charge is 0.269 e. The number of aliphatic imine (C=N–C) groups is 1. The number of nitro benzene ring substituents is 1. The van der Waals surface area contributed by atoms with Crippen LogP contribution in [0, 0.1) is 10.1 Å². The van der Waals surface area contributed by atoms with Crippen LogP contribution in [0.1, 0.15) is 18.1 Å². The number of rotatable bonds is 10. The van der Waals surface area contributed by atoms with E-state index in [-0.39, 0.29) is 29.7 Å². The van der Waals surface area contributed by atoms with Gasteiger partial charge in [-0.05, 0) is 36.2 Å². The summed E-state index contributed by atoms with van der Waals surface area (Å²) in [6.45, 7) is 5.36. The number of hydrogen-bond donors (Lipinski definition) is 3.